The molecule has 0 aliphatic carbocycles. The molecule has 1 aromatic heterocycles. The molecule has 1 saturated heterocycles. The number of amides is 1. The highest BCUT2D eigenvalue weighted by Crippen LogP contribution is 2.25. The summed E-state index contributed by atoms with van der Waals surface area (Å²) in [7, 11) is 0. The van der Waals surface area contributed by atoms with Gasteiger partial charge in [0.1, 0.15) is 11.9 Å². The van der Waals surface area contributed by atoms with Crippen LogP contribution >= 0.6 is 11.6 Å². The van der Waals surface area contributed by atoms with Crippen molar-refractivity contribution in [1.29, 1.82) is 0 Å². The van der Waals surface area contributed by atoms with E-state index in [1.54, 1.807) is 35.2 Å². The summed E-state index contributed by atoms with van der Waals surface area (Å²) < 4.78 is 37.6. The fourth-order valence-corrected chi connectivity index (χ4v) is 3.34. The van der Waals surface area contributed by atoms with Crippen LogP contribution in [0.4, 0.5) is 8.78 Å². The molecule has 5 nitrogen and oxygen atoms in total. The maximum atomic E-state index is 13.7. The van der Waals surface area contributed by atoms with Crippen molar-refractivity contribution in [2.24, 2.45) is 0 Å². The van der Waals surface area contributed by atoms with Crippen LogP contribution < -0.4 is 4.74 Å². The molecule has 1 fully saturated rings. The minimum Gasteiger partial charge on any atom is -0.487 e. The maximum absolute atomic E-state index is 13.7. The summed E-state index contributed by atoms with van der Waals surface area (Å²) in [5.74, 6) is -1.13. The van der Waals surface area contributed by atoms with Gasteiger partial charge >= 0.3 is 0 Å². The molecule has 0 bridgehead atoms. The second kappa shape index (κ2) is 8.21. The van der Waals surface area contributed by atoms with Crippen LogP contribution in [0.3, 0.4) is 0 Å². The van der Waals surface area contributed by atoms with Gasteiger partial charge in [-0.2, -0.15) is 0 Å². The normalized spacial score (nSPS) is 14.8. The van der Waals surface area contributed by atoms with E-state index < -0.39 is 11.6 Å². The average molecular weight is 419 g/mol. The van der Waals surface area contributed by atoms with Gasteiger partial charge in [-0.3, -0.25) is 4.79 Å². The van der Waals surface area contributed by atoms with Crippen molar-refractivity contribution in [2.45, 2.75) is 18.9 Å². The lowest BCUT2D eigenvalue weighted by atomic mass is 10.1. The Morgan fingerprint density at radius 1 is 1.10 bits per heavy atom. The summed E-state index contributed by atoms with van der Waals surface area (Å²) in [6.45, 7) is 0.880. The average Bonchev–Trinajstić information content (AvgIpc) is 3.21. The number of carbonyl (C=O) groups is 1. The van der Waals surface area contributed by atoms with Gasteiger partial charge in [0.05, 0.1) is 0 Å². The summed E-state index contributed by atoms with van der Waals surface area (Å²) in [4.78, 5) is 14.4. The molecular formula is C21H17ClF2N2O3. The molecule has 0 spiro atoms. The number of nitrogens with zero attached hydrogens (tertiary/aromatic N) is 2. The third kappa shape index (κ3) is 4.40. The summed E-state index contributed by atoms with van der Waals surface area (Å²) in [6, 6.07) is 11.9. The fourth-order valence-electron chi connectivity index (χ4n) is 3.22. The molecule has 0 radical (unpaired) electrons. The lowest BCUT2D eigenvalue weighted by molar-refractivity contribution is 0.0579. The predicted molar refractivity (Wildman–Crippen MR) is 103 cm³/mol. The molecular weight excluding hydrogens is 402 g/mol. The van der Waals surface area contributed by atoms with Crippen LogP contribution in [-0.4, -0.2) is 35.2 Å². The van der Waals surface area contributed by atoms with Gasteiger partial charge in [0.2, 0.25) is 0 Å². The Morgan fingerprint density at radius 2 is 1.83 bits per heavy atom. The van der Waals surface area contributed by atoms with Crippen LogP contribution in [0.2, 0.25) is 5.02 Å². The third-order valence-corrected chi connectivity index (χ3v) is 5.03. The minimum absolute atomic E-state index is 0.0142. The molecule has 29 heavy (non-hydrogen) atoms. The molecule has 2 heterocycles. The molecule has 3 aromatic rings. The predicted octanol–water partition coefficient (Wildman–Crippen LogP) is 4.96. The first-order valence-corrected chi connectivity index (χ1v) is 9.51. The second-order valence-electron chi connectivity index (χ2n) is 6.77. The Labute approximate surface area is 170 Å². The number of piperidine rings is 1. The van der Waals surface area contributed by atoms with E-state index in [4.69, 9.17) is 20.9 Å². The Balaban J connectivity index is 1.36. The molecule has 1 aliphatic rings. The Morgan fingerprint density at radius 3 is 2.52 bits per heavy atom. The van der Waals surface area contributed by atoms with E-state index in [1.165, 1.54) is 6.07 Å². The lowest BCUT2D eigenvalue weighted by Gasteiger charge is -2.31. The number of likely N-dealkylation sites (tertiary alicyclic amines) is 1. The third-order valence-electron chi connectivity index (χ3n) is 4.77. The summed E-state index contributed by atoms with van der Waals surface area (Å²) >= 11 is 5.88. The molecule has 2 aromatic carbocycles. The number of hydrogen-bond acceptors (Lipinski definition) is 4. The number of carbonyl (C=O) groups excluding carboxylic acids is 1. The van der Waals surface area contributed by atoms with Crippen LogP contribution in [0.25, 0.3) is 11.3 Å². The number of benzene rings is 2. The number of rotatable bonds is 4. The molecule has 0 saturated carbocycles. The Kier molecular flexibility index (Phi) is 5.49. The van der Waals surface area contributed by atoms with E-state index in [0.717, 1.165) is 17.7 Å². The second-order valence-corrected chi connectivity index (χ2v) is 7.20. The van der Waals surface area contributed by atoms with Crippen LogP contribution in [0.5, 0.6) is 5.75 Å². The molecule has 4 rings (SSSR count). The smallest absolute Gasteiger partial charge is 0.276 e. The van der Waals surface area contributed by atoms with Crippen molar-refractivity contribution in [2.75, 3.05) is 13.1 Å². The zero-order chi connectivity index (χ0) is 20.4. The van der Waals surface area contributed by atoms with Gasteiger partial charge in [-0.25, -0.2) is 8.78 Å². The molecule has 8 heteroatoms. The van der Waals surface area contributed by atoms with E-state index >= 15 is 0 Å². The van der Waals surface area contributed by atoms with E-state index in [2.05, 4.69) is 5.16 Å². The monoisotopic (exact) mass is 418 g/mol. The van der Waals surface area contributed by atoms with Gasteiger partial charge in [-0.1, -0.05) is 16.8 Å². The van der Waals surface area contributed by atoms with E-state index in [0.29, 0.717) is 36.7 Å². The van der Waals surface area contributed by atoms with Crippen LogP contribution in [0, 0.1) is 11.6 Å². The molecule has 150 valence electrons. The maximum Gasteiger partial charge on any atom is 0.276 e. The summed E-state index contributed by atoms with van der Waals surface area (Å²) in [5.41, 5.74) is 0.994. The number of hydrogen-bond donors (Lipinski definition) is 0. The van der Waals surface area contributed by atoms with Crippen LogP contribution in [0.15, 0.2) is 53.1 Å². The van der Waals surface area contributed by atoms with Gasteiger partial charge in [0.25, 0.3) is 5.91 Å². The van der Waals surface area contributed by atoms with Crippen LogP contribution in [0.1, 0.15) is 23.3 Å². The van der Waals surface area contributed by atoms with E-state index in [-0.39, 0.29) is 23.5 Å². The SMILES string of the molecule is O=C(c1cc(-c2ccc(Cl)cc2)on1)N1CCC(Oc2ccc(F)cc2F)CC1. The van der Waals surface area contributed by atoms with Crippen molar-refractivity contribution in [3.63, 3.8) is 0 Å². The summed E-state index contributed by atoms with van der Waals surface area (Å²) in [6.07, 6.45) is 0.815. The fraction of sp³-hybridized carbons (Fsp3) is 0.238. The van der Waals surface area contributed by atoms with Gasteiger partial charge in [-0.15, -0.1) is 0 Å². The van der Waals surface area contributed by atoms with Gasteiger partial charge in [0, 0.05) is 48.6 Å². The highest BCUT2D eigenvalue weighted by molar-refractivity contribution is 6.30. The number of halogens is 3. The van der Waals surface area contributed by atoms with Gasteiger partial charge in [-0.05, 0) is 36.4 Å². The standard InChI is InChI=1S/C21H17ClF2N2O3/c22-14-3-1-13(2-4-14)20-12-18(25-29-20)21(27)26-9-7-16(8-10-26)28-19-6-5-15(23)11-17(19)24/h1-6,11-12,16H,7-10H2. The largest absolute Gasteiger partial charge is 0.487 e. The van der Waals surface area contributed by atoms with Crippen molar-refractivity contribution in [3.8, 4) is 17.1 Å². The first-order chi connectivity index (χ1) is 14.0. The topological polar surface area (TPSA) is 55.6 Å². The van der Waals surface area contributed by atoms with Crippen LogP contribution in [-0.2, 0) is 0 Å². The summed E-state index contributed by atoms with van der Waals surface area (Å²) in [5, 5.41) is 4.49. The highest BCUT2D eigenvalue weighted by atomic mass is 35.5. The van der Waals surface area contributed by atoms with Gasteiger partial charge < -0.3 is 14.2 Å². The zero-order valence-electron chi connectivity index (χ0n) is 15.3. The van der Waals surface area contributed by atoms with E-state index in [9.17, 15) is 13.6 Å². The molecule has 1 amide bonds. The van der Waals surface area contributed by atoms with Crippen molar-refractivity contribution in [1.82, 2.24) is 10.1 Å². The lowest BCUT2D eigenvalue weighted by Crippen LogP contribution is -2.42. The Hall–Kier alpha value is -2.93. The molecule has 0 atom stereocenters. The first-order valence-electron chi connectivity index (χ1n) is 9.13. The molecule has 0 N–H and O–H groups in total. The van der Waals surface area contributed by atoms with Gasteiger partial charge in [0.15, 0.2) is 23.0 Å². The van der Waals surface area contributed by atoms with Crippen molar-refractivity contribution < 1.29 is 22.8 Å². The Bertz CT molecular complexity index is 1020. The minimum atomic E-state index is -0.735. The number of ether oxygens (including phenoxy) is 1. The van der Waals surface area contributed by atoms with Crippen molar-refractivity contribution in [3.05, 3.63) is 70.9 Å². The first kappa shape index (κ1) is 19.4. The van der Waals surface area contributed by atoms with E-state index in [1.807, 2.05) is 0 Å². The highest BCUT2D eigenvalue weighted by Gasteiger charge is 2.27. The zero-order valence-corrected chi connectivity index (χ0v) is 16.0. The quantitative estimate of drug-likeness (QED) is 0.601. The number of aromatic nitrogens is 1. The molecule has 1 aliphatic heterocycles. The van der Waals surface area contributed by atoms with Crippen molar-refractivity contribution >= 4 is 17.5 Å². The molecule has 0 unspecified atom stereocenters.